The summed E-state index contributed by atoms with van der Waals surface area (Å²) in [5.41, 5.74) is 2.87. The number of benzene rings is 1. The lowest BCUT2D eigenvalue weighted by Crippen LogP contribution is -2.33. The van der Waals surface area contributed by atoms with Gasteiger partial charge in [0.15, 0.2) is 0 Å². The lowest BCUT2D eigenvalue weighted by atomic mass is 10.0. The van der Waals surface area contributed by atoms with Gasteiger partial charge in [-0.05, 0) is 44.4 Å². The maximum Gasteiger partial charge on any atom is 0.253 e. The standard InChI is InChI=1S/C21H23ClFN5OS/c1-12-15(10-16-17(22)8-5-9-18(16)23)13(2)28-20(24-12)26-21(27-28)30-11-19(29)25-14-6-3-4-7-14/h5,8-9,14H,3-4,6-7,10-11H2,1-2H3,(H,25,29). The molecular formula is C21H23ClFN5OS. The van der Waals surface area contributed by atoms with E-state index in [1.165, 1.54) is 30.7 Å². The van der Waals surface area contributed by atoms with E-state index < -0.39 is 0 Å². The molecular weight excluding hydrogens is 425 g/mol. The van der Waals surface area contributed by atoms with E-state index in [4.69, 9.17) is 11.6 Å². The highest BCUT2D eigenvalue weighted by Gasteiger charge is 2.19. The summed E-state index contributed by atoms with van der Waals surface area (Å²) < 4.78 is 15.9. The predicted octanol–water partition coefficient (Wildman–Crippen LogP) is 4.28. The molecule has 30 heavy (non-hydrogen) atoms. The van der Waals surface area contributed by atoms with Gasteiger partial charge in [-0.25, -0.2) is 13.9 Å². The molecule has 0 spiro atoms. The van der Waals surface area contributed by atoms with Crippen molar-refractivity contribution in [3.05, 3.63) is 51.6 Å². The minimum absolute atomic E-state index is 0.00139. The highest BCUT2D eigenvalue weighted by Crippen LogP contribution is 2.26. The average molecular weight is 448 g/mol. The molecule has 1 saturated carbocycles. The molecule has 1 fully saturated rings. The number of aromatic nitrogens is 4. The van der Waals surface area contributed by atoms with Crippen LogP contribution in [-0.4, -0.2) is 37.3 Å². The Balaban J connectivity index is 1.53. The van der Waals surface area contributed by atoms with Crippen LogP contribution in [0.3, 0.4) is 0 Å². The summed E-state index contributed by atoms with van der Waals surface area (Å²) in [6.45, 7) is 3.77. The van der Waals surface area contributed by atoms with Crippen LogP contribution in [0, 0.1) is 19.7 Å². The van der Waals surface area contributed by atoms with Crippen LogP contribution in [0.25, 0.3) is 5.78 Å². The highest BCUT2D eigenvalue weighted by molar-refractivity contribution is 7.99. The van der Waals surface area contributed by atoms with Crippen LogP contribution in [-0.2, 0) is 11.2 Å². The molecule has 0 aliphatic heterocycles. The minimum atomic E-state index is -0.343. The third-order valence-electron chi connectivity index (χ3n) is 5.50. The van der Waals surface area contributed by atoms with Gasteiger partial charge in [-0.15, -0.1) is 5.10 Å². The number of nitrogens with one attached hydrogen (secondary N) is 1. The van der Waals surface area contributed by atoms with Crippen LogP contribution in [0.2, 0.25) is 5.02 Å². The lowest BCUT2D eigenvalue weighted by molar-refractivity contribution is -0.119. The summed E-state index contributed by atoms with van der Waals surface area (Å²) in [6, 6.07) is 4.97. The van der Waals surface area contributed by atoms with Gasteiger partial charge in [0, 0.05) is 34.4 Å². The van der Waals surface area contributed by atoms with Crippen molar-refractivity contribution < 1.29 is 9.18 Å². The molecule has 0 saturated heterocycles. The van der Waals surface area contributed by atoms with E-state index in [2.05, 4.69) is 20.4 Å². The van der Waals surface area contributed by atoms with Gasteiger partial charge < -0.3 is 5.32 Å². The molecule has 1 aliphatic carbocycles. The van der Waals surface area contributed by atoms with E-state index >= 15 is 0 Å². The highest BCUT2D eigenvalue weighted by atomic mass is 35.5. The normalized spacial score (nSPS) is 14.5. The minimum Gasteiger partial charge on any atom is -0.353 e. The maximum absolute atomic E-state index is 14.3. The molecule has 158 valence electrons. The zero-order valence-electron chi connectivity index (χ0n) is 16.9. The largest absolute Gasteiger partial charge is 0.353 e. The van der Waals surface area contributed by atoms with Crippen molar-refractivity contribution in [1.29, 1.82) is 0 Å². The second-order valence-corrected chi connectivity index (χ2v) is 8.93. The number of hydrogen-bond acceptors (Lipinski definition) is 5. The van der Waals surface area contributed by atoms with E-state index in [9.17, 15) is 9.18 Å². The first-order valence-corrected chi connectivity index (χ1v) is 11.4. The third kappa shape index (κ3) is 4.44. The van der Waals surface area contributed by atoms with E-state index in [1.807, 2.05) is 13.8 Å². The monoisotopic (exact) mass is 447 g/mol. The quantitative estimate of drug-likeness (QED) is 0.571. The summed E-state index contributed by atoms with van der Waals surface area (Å²) in [6.07, 6.45) is 4.78. The van der Waals surface area contributed by atoms with Crippen molar-refractivity contribution in [2.45, 2.75) is 57.1 Å². The average Bonchev–Trinajstić information content (AvgIpc) is 3.35. The molecule has 1 amide bonds. The topological polar surface area (TPSA) is 72.2 Å². The molecule has 2 heterocycles. The summed E-state index contributed by atoms with van der Waals surface area (Å²) >= 11 is 7.49. The fraction of sp³-hybridized carbons (Fsp3) is 0.429. The Bertz CT molecular complexity index is 1080. The molecule has 0 radical (unpaired) electrons. The second kappa shape index (κ2) is 8.89. The first-order chi connectivity index (χ1) is 14.4. The fourth-order valence-corrected chi connectivity index (χ4v) is 4.71. The molecule has 0 bridgehead atoms. The summed E-state index contributed by atoms with van der Waals surface area (Å²) in [5, 5.41) is 8.45. The van der Waals surface area contributed by atoms with Gasteiger partial charge in [0.2, 0.25) is 11.1 Å². The third-order valence-corrected chi connectivity index (χ3v) is 6.69. The van der Waals surface area contributed by atoms with E-state index in [-0.39, 0.29) is 17.5 Å². The first-order valence-electron chi connectivity index (χ1n) is 10.00. The van der Waals surface area contributed by atoms with Gasteiger partial charge in [-0.3, -0.25) is 4.79 Å². The SMILES string of the molecule is Cc1nc2nc(SCC(=O)NC3CCCC3)nn2c(C)c1Cc1c(F)cccc1Cl. The van der Waals surface area contributed by atoms with Crippen LogP contribution in [0.5, 0.6) is 0 Å². The Kier molecular flexibility index (Phi) is 6.24. The van der Waals surface area contributed by atoms with Gasteiger partial charge in [-0.2, -0.15) is 4.98 Å². The number of aryl methyl sites for hydroxylation is 2. The van der Waals surface area contributed by atoms with Gasteiger partial charge in [0.05, 0.1) is 5.75 Å². The Morgan fingerprint density at radius 2 is 2.03 bits per heavy atom. The van der Waals surface area contributed by atoms with Crippen LogP contribution in [0.15, 0.2) is 23.4 Å². The first kappa shape index (κ1) is 21.1. The Morgan fingerprint density at radius 1 is 1.27 bits per heavy atom. The van der Waals surface area contributed by atoms with Crippen molar-refractivity contribution in [2.75, 3.05) is 5.75 Å². The van der Waals surface area contributed by atoms with Crippen molar-refractivity contribution >= 4 is 35.0 Å². The number of nitrogens with zero attached hydrogens (tertiary/aromatic N) is 4. The van der Waals surface area contributed by atoms with E-state index in [0.717, 1.165) is 29.8 Å². The number of halogens is 2. The fourth-order valence-electron chi connectivity index (χ4n) is 3.85. The Hall–Kier alpha value is -2.19. The second-order valence-electron chi connectivity index (χ2n) is 7.58. The molecule has 1 aliphatic rings. The van der Waals surface area contributed by atoms with E-state index in [0.29, 0.717) is 34.0 Å². The molecule has 0 atom stereocenters. The van der Waals surface area contributed by atoms with Gasteiger partial charge in [0.25, 0.3) is 5.78 Å². The summed E-state index contributed by atoms with van der Waals surface area (Å²) in [7, 11) is 0. The Labute approximate surface area is 183 Å². The molecule has 2 aromatic heterocycles. The van der Waals surface area contributed by atoms with Crippen LogP contribution < -0.4 is 5.32 Å². The summed E-state index contributed by atoms with van der Waals surface area (Å²) in [4.78, 5) is 21.1. The van der Waals surface area contributed by atoms with Crippen LogP contribution in [0.1, 0.15) is 48.2 Å². The smallest absolute Gasteiger partial charge is 0.253 e. The zero-order chi connectivity index (χ0) is 21.3. The molecule has 1 aromatic carbocycles. The number of amides is 1. The van der Waals surface area contributed by atoms with Crippen molar-refractivity contribution in [1.82, 2.24) is 24.9 Å². The van der Waals surface area contributed by atoms with Gasteiger partial charge in [0.1, 0.15) is 5.82 Å². The number of rotatable bonds is 6. The molecule has 9 heteroatoms. The van der Waals surface area contributed by atoms with Crippen LogP contribution >= 0.6 is 23.4 Å². The van der Waals surface area contributed by atoms with Crippen molar-refractivity contribution in [3.8, 4) is 0 Å². The molecule has 0 unspecified atom stereocenters. The van der Waals surface area contributed by atoms with Crippen LogP contribution in [0.4, 0.5) is 4.39 Å². The van der Waals surface area contributed by atoms with Crippen molar-refractivity contribution in [3.63, 3.8) is 0 Å². The zero-order valence-corrected chi connectivity index (χ0v) is 18.5. The molecule has 6 nitrogen and oxygen atoms in total. The Morgan fingerprint density at radius 3 is 2.77 bits per heavy atom. The predicted molar refractivity (Wildman–Crippen MR) is 116 cm³/mol. The summed E-state index contributed by atoms with van der Waals surface area (Å²) in [5.74, 6) is 0.390. The number of thioether (sulfide) groups is 1. The van der Waals surface area contributed by atoms with E-state index in [1.54, 1.807) is 16.6 Å². The van der Waals surface area contributed by atoms with Gasteiger partial charge >= 0.3 is 0 Å². The number of hydrogen-bond donors (Lipinski definition) is 1. The van der Waals surface area contributed by atoms with Gasteiger partial charge in [-0.1, -0.05) is 42.3 Å². The number of fused-ring (bicyclic) bond motifs is 1. The molecule has 4 rings (SSSR count). The van der Waals surface area contributed by atoms with Crippen molar-refractivity contribution in [2.24, 2.45) is 0 Å². The molecule has 3 aromatic rings. The number of carbonyl (C=O) groups is 1. The number of carbonyl (C=O) groups excluding carboxylic acids is 1. The lowest BCUT2D eigenvalue weighted by Gasteiger charge is -2.12. The maximum atomic E-state index is 14.3. The molecule has 1 N–H and O–H groups in total.